The van der Waals surface area contributed by atoms with E-state index in [1.807, 2.05) is 12.1 Å². The van der Waals surface area contributed by atoms with Crippen LogP contribution >= 0.6 is 22.6 Å². The number of hydrogen-bond acceptors (Lipinski definition) is 5. The van der Waals surface area contributed by atoms with Gasteiger partial charge in [0.1, 0.15) is 12.3 Å². The van der Waals surface area contributed by atoms with Gasteiger partial charge in [-0.05, 0) is 63.2 Å². The van der Waals surface area contributed by atoms with E-state index in [9.17, 15) is 9.70 Å². The third-order valence-corrected chi connectivity index (χ3v) is 4.44. The maximum absolute atomic E-state index is 12.1. The van der Waals surface area contributed by atoms with Crippen molar-refractivity contribution in [1.82, 2.24) is 0 Å². The van der Waals surface area contributed by atoms with Crippen molar-refractivity contribution in [1.29, 1.82) is 0 Å². The predicted octanol–water partition coefficient (Wildman–Crippen LogP) is 3.74. The van der Waals surface area contributed by atoms with E-state index >= 15 is 0 Å². The number of hydrogen-bond donors (Lipinski definition) is 1. The third-order valence-electron chi connectivity index (χ3n) is 3.46. The van der Waals surface area contributed by atoms with Gasteiger partial charge < -0.3 is 10.5 Å². The van der Waals surface area contributed by atoms with Crippen molar-refractivity contribution in [3.05, 3.63) is 62.1 Å². The Morgan fingerprint density at radius 2 is 1.77 bits per heavy atom. The molecule has 0 radical (unpaired) electrons. The Kier molecular flexibility index (Phi) is 3.93. The Labute approximate surface area is 140 Å². The SMILES string of the molecule is Nc1cc(C2=C(c3ccc(N=O)cc3)COC2=O)ccc1I. The summed E-state index contributed by atoms with van der Waals surface area (Å²) in [6.07, 6.45) is 0. The zero-order chi connectivity index (χ0) is 15.7. The number of anilines is 1. The van der Waals surface area contributed by atoms with Gasteiger partial charge in [-0.1, -0.05) is 18.2 Å². The second-order valence-electron chi connectivity index (χ2n) is 4.80. The van der Waals surface area contributed by atoms with Crippen LogP contribution in [0.3, 0.4) is 0 Å². The van der Waals surface area contributed by atoms with Gasteiger partial charge in [-0.2, -0.15) is 0 Å². The van der Waals surface area contributed by atoms with Crippen molar-refractivity contribution in [2.45, 2.75) is 0 Å². The van der Waals surface area contributed by atoms with Crippen molar-refractivity contribution in [2.24, 2.45) is 5.18 Å². The number of esters is 1. The minimum absolute atomic E-state index is 0.202. The molecule has 1 heterocycles. The first-order valence-electron chi connectivity index (χ1n) is 6.49. The highest BCUT2D eigenvalue weighted by Crippen LogP contribution is 2.34. The molecule has 0 aliphatic carbocycles. The molecule has 0 atom stereocenters. The van der Waals surface area contributed by atoms with E-state index in [1.54, 1.807) is 30.3 Å². The molecular formula is C16H11IN2O3. The first-order chi connectivity index (χ1) is 10.6. The summed E-state index contributed by atoms with van der Waals surface area (Å²) in [5.74, 6) is -0.367. The summed E-state index contributed by atoms with van der Waals surface area (Å²) in [7, 11) is 0. The molecule has 0 bridgehead atoms. The van der Waals surface area contributed by atoms with Crippen LogP contribution in [-0.4, -0.2) is 12.6 Å². The highest BCUT2D eigenvalue weighted by atomic mass is 127. The van der Waals surface area contributed by atoms with Gasteiger partial charge in [0.15, 0.2) is 0 Å². The first kappa shape index (κ1) is 14.7. The number of nitrogens with zero attached hydrogens (tertiary/aromatic N) is 1. The molecule has 22 heavy (non-hydrogen) atoms. The van der Waals surface area contributed by atoms with Gasteiger partial charge in [0.2, 0.25) is 0 Å². The second-order valence-corrected chi connectivity index (χ2v) is 5.97. The van der Waals surface area contributed by atoms with E-state index in [4.69, 9.17) is 10.5 Å². The zero-order valence-electron chi connectivity index (χ0n) is 11.4. The smallest absolute Gasteiger partial charge is 0.339 e. The fourth-order valence-corrected chi connectivity index (χ4v) is 2.68. The second kappa shape index (κ2) is 5.88. The Morgan fingerprint density at radius 1 is 1.09 bits per heavy atom. The number of nitrogen functional groups attached to an aromatic ring is 1. The molecule has 0 unspecified atom stereocenters. The molecule has 1 aliphatic heterocycles. The number of ether oxygens (including phenoxy) is 1. The van der Waals surface area contributed by atoms with Crippen LogP contribution in [0, 0.1) is 8.48 Å². The molecule has 2 N–H and O–H groups in total. The van der Waals surface area contributed by atoms with E-state index < -0.39 is 0 Å². The molecule has 0 saturated heterocycles. The van der Waals surface area contributed by atoms with E-state index in [2.05, 4.69) is 27.8 Å². The number of rotatable bonds is 3. The van der Waals surface area contributed by atoms with Gasteiger partial charge in [0.05, 0.1) is 5.57 Å². The number of carbonyl (C=O) groups is 1. The molecule has 0 spiro atoms. The molecule has 2 aromatic rings. The number of halogens is 1. The van der Waals surface area contributed by atoms with Crippen LogP contribution in [0.2, 0.25) is 0 Å². The van der Waals surface area contributed by atoms with Crippen LogP contribution in [0.25, 0.3) is 11.1 Å². The minimum Gasteiger partial charge on any atom is -0.457 e. The van der Waals surface area contributed by atoms with Crippen molar-refractivity contribution < 1.29 is 9.53 Å². The Morgan fingerprint density at radius 3 is 2.41 bits per heavy atom. The lowest BCUT2D eigenvalue weighted by Gasteiger charge is -2.06. The highest BCUT2D eigenvalue weighted by molar-refractivity contribution is 14.1. The predicted molar refractivity (Wildman–Crippen MR) is 93.2 cm³/mol. The Balaban J connectivity index is 2.12. The lowest BCUT2D eigenvalue weighted by Crippen LogP contribution is -2.00. The Bertz CT molecular complexity index is 798. The van der Waals surface area contributed by atoms with Crippen LogP contribution in [0.1, 0.15) is 11.1 Å². The van der Waals surface area contributed by atoms with E-state index in [0.29, 0.717) is 16.9 Å². The molecule has 0 fully saturated rings. The molecule has 110 valence electrons. The molecule has 0 saturated carbocycles. The van der Waals surface area contributed by atoms with Crippen LogP contribution in [0.4, 0.5) is 11.4 Å². The standard InChI is InChI=1S/C16H11IN2O3/c17-13-6-3-10(7-14(13)18)15-12(8-22-16(15)20)9-1-4-11(19-21)5-2-9/h1-7H,8,18H2. The third kappa shape index (κ3) is 2.61. The molecule has 1 aliphatic rings. The number of nitroso groups, excluding NO2 is 1. The van der Waals surface area contributed by atoms with Crippen molar-refractivity contribution >= 4 is 51.1 Å². The quantitative estimate of drug-likeness (QED) is 0.365. The van der Waals surface area contributed by atoms with Gasteiger partial charge in [-0.15, -0.1) is 4.91 Å². The molecule has 0 amide bonds. The summed E-state index contributed by atoms with van der Waals surface area (Å²) in [5, 5.41) is 2.87. The largest absolute Gasteiger partial charge is 0.457 e. The minimum atomic E-state index is -0.367. The normalized spacial score (nSPS) is 14.1. The lowest BCUT2D eigenvalue weighted by atomic mass is 9.96. The molecule has 6 heteroatoms. The van der Waals surface area contributed by atoms with E-state index in [-0.39, 0.29) is 12.6 Å². The summed E-state index contributed by atoms with van der Waals surface area (Å²) < 4.78 is 6.10. The van der Waals surface area contributed by atoms with Gasteiger partial charge in [-0.3, -0.25) is 0 Å². The van der Waals surface area contributed by atoms with Crippen LogP contribution in [0.5, 0.6) is 0 Å². The number of carbonyl (C=O) groups excluding carboxylic acids is 1. The molecule has 3 rings (SSSR count). The number of nitrogens with two attached hydrogens (primary N) is 1. The van der Waals surface area contributed by atoms with Gasteiger partial charge in [0.25, 0.3) is 0 Å². The van der Waals surface area contributed by atoms with Crippen molar-refractivity contribution in [3.63, 3.8) is 0 Å². The number of cyclic esters (lactones) is 1. The highest BCUT2D eigenvalue weighted by Gasteiger charge is 2.27. The van der Waals surface area contributed by atoms with Crippen molar-refractivity contribution in [2.75, 3.05) is 12.3 Å². The summed E-state index contributed by atoms with van der Waals surface area (Å²) in [4.78, 5) is 22.6. The topological polar surface area (TPSA) is 81.8 Å². The van der Waals surface area contributed by atoms with E-state index in [1.165, 1.54) is 0 Å². The average molecular weight is 406 g/mol. The fraction of sp³-hybridized carbons (Fsp3) is 0.0625. The molecule has 5 nitrogen and oxygen atoms in total. The molecule has 0 aromatic heterocycles. The summed E-state index contributed by atoms with van der Waals surface area (Å²) in [6, 6.07) is 12.2. The van der Waals surface area contributed by atoms with E-state index in [0.717, 1.165) is 20.3 Å². The maximum Gasteiger partial charge on any atom is 0.339 e. The maximum atomic E-state index is 12.1. The van der Waals surface area contributed by atoms with Gasteiger partial charge >= 0.3 is 5.97 Å². The van der Waals surface area contributed by atoms with Crippen LogP contribution < -0.4 is 5.73 Å². The monoisotopic (exact) mass is 406 g/mol. The molecular weight excluding hydrogens is 395 g/mol. The van der Waals surface area contributed by atoms with Crippen LogP contribution in [0.15, 0.2) is 47.6 Å². The summed E-state index contributed by atoms with van der Waals surface area (Å²) >= 11 is 2.14. The molecule has 2 aromatic carbocycles. The zero-order valence-corrected chi connectivity index (χ0v) is 13.5. The summed E-state index contributed by atoms with van der Waals surface area (Å²) in [6.45, 7) is 0.202. The van der Waals surface area contributed by atoms with Crippen LogP contribution in [-0.2, 0) is 9.53 Å². The van der Waals surface area contributed by atoms with Crippen molar-refractivity contribution in [3.8, 4) is 0 Å². The average Bonchev–Trinajstić information content (AvgIpc) is 2.92. The first-order valence-corrected chi connectivity index (χ1v) is 7.57. The van der Waals surface area contributed by atoms with Gasteiger partial charge in [-0.25, -0.2) is 4.79 Å². The fourth-order valence-electron chi connectivity index (χ4n) is 2.35. The lowest BCUT2D eigenvalue weighted by molar-refractivity contribution is -0.133. The number of benzene rings is 2. The summed E-state index contributed by atoms with van der Waals surface area (Å²) in [5.41, 5.74) is 9.73. The Hall–Kier alpha value is -2.22. The van der Waals surface area contributed by atoms with Gasteiger partial charge in [0, 0.05) is 14.8 Å².